The van der Waals surface area contributed by atoms with Crippen LogP contribution >= 0.6 is 0 Å². The minimum absolute atomic E-state index is 0.0991. The Kier molecular flexibility index (Phi) is 4.29. The number of ether oxygens (including phenoxy) is 1. The minimum atomic E-state index is -0.259. The number of morpholine rings is 1. The first-order chi connectivity index (χ1) is 11.1. The summed E-state index contributed by atoms with van der Waals surface area (Å²) in [5.74, 6) is 0. The molecule has 1 N–H and O–H groups in total. The fourth-order valence-electron chi connectivity index (χ4n) is 2.55. The Morgan fingerprint density at radius 2 is 2.00 bits per heavy atom. The van der Waals surface area contributed by atoms with Crippen LogP contribution in [0.1, 0.15) is 20.3 Å². The standard InChI is InChI=1S/C16H21N5O2/c1-3-16(2)12-20(10-11-23-16)15(22)19-13-4-6-14(7-5-13)21-17-8-9-18-21/h4-9H,3,10-12H2,1-2H3,(H,19,22)/t16-/m1/s1. The van der Waals surface area contributed by atoms with Gasteiger partial charge in [0.25, 0.3) is 0 Å². The van der Waals surface area contributed by atoms with E-state index >= 15 is 0 Å². The van der Waals surface area contributed by atoms with Crippen LogP contribution in [0.3, 0.4) is 0 Å². The molecule has 1 aromatic heterocycles. The second-order valence-electron chi connectivity index (χ2n) is 5.87. The van der Waals surface area contributed by atoms with Gasteiger partial charge in [-0.25, -0.2) is 4.79 Å². The number of carbonyl (C=O) groups excluding carboxylic acids is 1. The molecule has 2 aromatic rings. The first-order valence-corrected chi connectivity index (χ1v) is 7.76. The molecule has 0 saturated carbocycles. The predicted octanol–water partition coefficient (Wildman–Crippen LogP) is 2.30. The number of aromatic nitrogens is 3. The van der Waals surface area contributed by atoms with Crippen LogP contribution in [-0.2, 0) is 4.74 Å². The lowest BCUT2D eigenvalue weighted by Gasteiger charge is -2.39. The van der Waals surface area contributed by atoms with Gasteiger partial charge in [-0.15, -0.1) is 0 Å². The molecule has 1 aliphatic heterocycles. The van der Waals surface area contributed by atoms with Crippen LogP contribution in [0, 0.1) is 0 Å². The van der Waals surface area contributed by atoms with Crippen molar-refractivity contribution in [1.82, 2.24) is 19.9 Å². The molecule has 7 heteroatoms. The fourth-order valence-corrected chi connectivity index (χ4v) is 2.55. The van der Waals surface area contributed by atoms with Crippen molar-refractivity contribution in [2.75, 3.05) is 25.0 Å². The first-order valence-electron chi connectivity index (χ1n) is 7.76. The average Bonchev–Trinajstić information content (AvgIpc) is 3.10. The quantitative estimate of drug-likeness (QED) is 0.943. The summed E-state index contributed by atoms with van der Waals surface area (Å²) in [6.45, 7) is 5.89. The average molecular weight is 315 g/mol. The van der Waals surface area contributed by atoms with E-state index in [0.29, 0.717) is 19.7 Å². The lowest BCUT2D eigenvalue weighted by Crippen LogP contribution is -2.53. The molecule has 1 fully saturated rings. The number of urea groups is 1. The zero-order chi connectivity index (χ0) is 16.3. The molecule has 122 valence electrons. The lowest BCUT2D eigenvalue weighted by molar-refractivity contribution is -0.0860. The normalized spacial score (nSPS) is 21.2. The maximum atomic E-state index is 12.4. The monoisotopic (exact) mass is 315 g/mol. The molecule has 1 aromatic carbocycles. The lowest BCUT2D eigenvalue weighted by atomic mass is 10.0. The van der Waals surface area contributed by atoms with Crippen LogP contribution in [0.2, 0.25) is 0 Å². The van der Waals surface area contributed by atoms with E-state index < -0.39 is 0 Å². The van der Waals surface area contributed by atoms with Gasteiger partial charge in [0, 0.05) is 12.2 Å². The van der Waals surface area contributed by atoms with Crippen molar-refractivity contribution in [2.45, 2.75) is 25.9 Å². The van der Waals surface area contributed by atoms with Crippen LogP contribution in [0.4, 0.5) is 10.5 Å². The summed E-state index contributed by atoms with van der Waals surface area (Å²) in [5.41, 5.74) is 1.33. The second-order valence-corrected chi connectivity index (χ2v) is 5.87. The van der Waals surface area contributed by atoms with Gasteiger partial charge in [-0.05, 0) is 37.6 Å². The molecule has 0 bridgehead atoms. The van der Waals surface area contributed by atoms with Gasteiger partial charge in [0.05, 0.1) is 36.8 Å². The summed E-state index contributed by atoms with van der Waals surface area (Å²) in [7, 11) is 0. The summed E-state index contributed by atoms with van der Waals surface area (Å²) in [5, 5.41) is 11.1. The van der Waals surface area contributed by atoms with Gasteiger partial charge in [-0.1, -0.05) is 6.92 Å². The fraction of sp³-hybridized carbons (Fsp3) is 0.438. The number of carbonyl (C=O) groups is 1. The molecule has 1 atom stereocenters. The van der Waals surface area contributed by atoms with Crippen LogP contribution in [-0.4, -0.2) is 51.2 Å². The third-order valence-corrected chi connectivity index (χ3v) is 4.14. The van der Waals surface area contributed by atoms with E-state index in [1.54, 1.807) is 17.3 Å². The number of amides is 2. The van der Waals surface area contributed by atoms with Gasteiger partial charge in [-0.3, -0.25) is 0 Å². The minimum Gasteiger partial charge on any atom is -0.372 e. The molecule has 3 rings (SSSR count). The van der Waals surface area contributed by atoms with Crippen molar-refractivity contribution in [3.8, 4) is 5.69 Å². The van der Waals surface area contributed by atoms with Crippen LogP contribution in [0.15, 0.2) is 36.7 Å². The number of rotatable bonds is 3. The van der Waals surface area contributed by atoms with Crippen molar-refractivity contribution in [3.63, 3.8) is 0 Å². The number of nitrogens with zero attached hydrogens (tertiary/aromatic N) is 4. The smallest absolute Gasteiger partial charge is 0.322 e. The van der Waals surface area contributed by atoms with Crippen LogP contribution in [0.25, 0.3) is 5.69 Å². The summed E-state index contributed by atoms with van der Waals surface area (Å²) in [6.07, 6.45) is 4.13. The van der Waals surface area contributed by atoms with Crippen molar-refractivity contribution >= 4 is 11.7 Å². The maximum Gasteiger partial charge on any atom is 0.322 e. The van der Waals surface area contributed by atoms with E-state index in [1.165, 1.54) is 4.80 Å². The maximum absolute atomic E-state index is 12.4. The zero-order valence-corrected chi connectivity index (χ0v) is 13.4. The molecule has 0 spiro atoms. The predicted molar refractivity (Wildman–Crippen MR) is 86.6 cm³/mol. The molecule has 0 radical (unpaired) electrons. The van der Waals surface area contributed by atoms with Crippen LogP contribution < -0.4 is 5.32 Å². The summed E-state index contributed by atoms with van der Waals surface area (Å²) >= 11 is 0. The molecule has 0 aliphatic carbocycles. The molecule has 23 heavy (non-hydrogen) atoms. The van der Waals surface area contributed by atoms with E-state index in [0.717, 1.165) is 17.8 Å². The summed E-state index contributed by atoms with van der Waals surface area (Å²) in [6, 6.07) is 7.32. The van der Waals surface area contributed by atoms with Crippen LogP contribution in [0.5, 0.6) is 0 Å². The van der Waals surface area contributed by atoms with Gasteiger partial charge in [-0.2, -0.15) is 15.0 Å². The molecule has 7 nitrogen and oxygen atoms in total. The van der Waals surface area contributed by atoms with Gasteiger partial charge in [0.1, 0.15) is 0 Å². The Morgan fingerprint density at radius 3 is 2.65 bits per heavy atom. The summed E-state index contributed by atoms with van der Waals surface area (Å²) in [4.78, 5) is 15.7. The molecule has 2 heterocycles. The third kappa shape index (κ3) is 3.50. The molecule has 1 saturated heterocycles. The van der Waals surface area contributed by atoms with Crippen molar-refractivity contribution < 1.29 is 9.53 Å². The highest BCUT2D eigenvalue weighted by atomic mass is 16.5. The van der Waals surface area contributed by atoms with Gasteiger partial charge >= 0.3 is 6.03 Å². The number of anilines is 1. The molecule has 2 amide bonds. The van der Waals surface area contributed by atoms with E-state index in [-0.39, 0.29) is 11.6 Å². The Balaban J connectivity index is 1.64. The van der Waals surface area contributed by atoms with E-state index in [1.807, 2.05) is 31.2 Å². The van der Waals surface area contributed by atoms with Crippen molar-refractivity contribution in [3.05, 3.63) is 36.7 Å². The van der Waals surface area contributed by atoms with Crippen molar-refractivity contribution in [2.24, 2.45) is 0 Å². The summed E-state index contributed by atoms with van der Waals surface area (Å²) < 4.78 is 5.76. The first kappa shape index (κ1) is 15.5. The highest BCUT2D eigenvalue weighted by Crippen LogP contribution is 2.22. The molecule has 1 aliphatic rings. The van der Waals surface area contributed by atoms with E-state index in [9.17, 15) is 4.79 Å². The highest BCUT2D eigenvalue weighted by Gasteiger charge is 2.32. The van der Waals surface area contributed by atoms with Gasteiger partial charge in [0.2, 0.25) is 0 Å². The highest BCUT2D eigenvalue weighted by molar-refractivity contribution is 5.89. The van der Waals surface area contributed by atoms with E-state index in [2.05, 4.69) is 22.4 Å². The topological polar surface area (TPSA) is 72.3 Å². The zero-order valence-electron chi connectivity index (χ0n) is 13.4. The van der Waals surface area contributed by atoms with Gasteiger partial charge < -0.3 is 15.0 Å². The Bertz CT molecular complexity index is 656. The molecular weight excluding hydrogens is 294 g/mol. The number of hydrogen-bond acceptors (Lipinski definition) is 4. The molecule has 0 unspecified atom stereocenters. The molecular formula is C16H21N5O2. The van der Waals surface area contributed by atoms with E-state index in [4.69, 9.17) is 4.74 Å². The Labute approximate surface area is 135 Å². The Hall–Kier alpha value is -2.41. The largest absolute Gasteiger partial charge is 0.372 e. The van der Waals surface area contributed by atoms with Crippen molar-refractivity contribution in [1.29, 1.82) is 0 Å². The number of benzene rings is 1. The SMILES string of the molecule is CC[C@]1(C)CN(C(=O)Nc2ccc(-n3nccn3)cc2)CCO1. The Morgan fingerprint density at radius 1 is 1.30 bits per heavy atom. The number of hydrogen-bond donors (Lipinski definition) is 1. The second kappa shape index (κ2) is 6.37. The number of nitrogens with one attached hydrogen (secondary N) is 1. The third-order valence-electron chi connectivity index (χ3n) is 4.14. The van der Waals surface area contributed by atoms with Gasteiger partial charge in [0.15, 0.2) is 0 Å².